The van der Waals surface area contributed by atoms with Crippen molar-refractivity contribution >= 4 is 11.6 Å². The van der Waals surface area contributed by atoms with Gasteiger partial charge in [-0.3, -0.25) is 4.79 Å². The molecule has 0 bridgehead atoms. The van der Waals surface area contributed by atoms with E-state index in [1.165, 1.54) is 12.1 Å². The van der Waals surface area contributed by atoms with E-state index in [0.717, 1.165) is 31.6 Å². The first-order chi connectivity index (χ1) is 8.67. The van der Waals surface area contributed by atoms with Crippen molar-refractivity contribution in [3.05, 3.63) is 30.1 Å². The summed E-state index contributed by atoms with van der Waals surface area (Å²) in [6.45, 7) is 5.95. The fourth-order valence-electron chi connectivity index (χ4n) is 1.76. The number of rotatable bonds is 7. The molecule has 100 valence electrons. The van der Waals surface area contributed by atoms with E-state index < -0.39 is 0 Å². The monoisotopic (exact) mass is 252 g/mol. The van der Waals surface area contributed by atoms with Crippen LogP contribution in [0.1, 0.15) is 26.7 Å². The molecular weight excluding hydrogens is 231 g/mol. The Bertz CT molecular complexity index is 359. The van der Waals surface area contributed by atoms with E-state index in [9.17, 15) is 9.18 Å². The molecule has 18 heavy (non-hydrogen) atoms. The number of anilines is 1. The van der Waals surface area contributed by atoms with Crippen molar-refractivity contribution in [2.45, 2.75) is 26.7 Å². The predicted octanol–water partition coefficient (Wildman–Crippen LogP) is 2.89. The van der Waals surface area contributed by atoms with Crippen LogP contribution in [0.3, 0.4) is 0 Å². The minimum absolute atomic E-state index is 0.0861. The number of hydrogen-bond acceptors (Lipinski definition) is 2. The van der Waals surface area contributed by atoms with E-state index in [0.29, 0.717) is 0 Å². The summed E-state index contributed by atoms with van der Waals surface area (Å²) in [6, 6.07) is 6.02. The van der Waals surface area contributed by atoms with Gasteiger partial charge in [-0.15, -0.1) is 0 Å². The van der Waals surface area contributed by atoms with E-state index in [1.54, 1.807) is 12.1 Å². The van der Waals surface area contributed by atoms with Crippen LogP contribution in [0.5, 0.6) is 0 Å². The smallest absolute Gasteiger partial charge is 0.241 e. The van der Waals surface area contributed by atoms with Crippen LogP contribution in [-0.4, -0.2) is 30.4 Å². The lowest BCUT2D eigenvalue weighted by Gasteiger charge is -2.21. The van der Waals surface area contributed by atoms with Gasteiger partial charge < -0.3 is 10.2 Å². The van der Waals surface area contributed by atoms with E-state index >= 15 is 0 Å². The number of benzene rings is 1. The summed E-state index contributed by atoms with van der Waals surface area (Å²) in [5.74, 6) is -0.187. The standard InChI is InChI=1S/C14H21FN2O/c1-3-9-17(10-4-2)14(18)11-16-13-7-5-12(15)6-8-13/h5-8,16H,3-4,9-11H2,1-2H3. The molecule has 0 saturated heterocycles. The van der Waals surface area contributed by atoms with Gasteiger partial charge in [0.1, 0.15) is 5.82 Å². The van der Waals surface area contributed by atoms with Gasteiger partial charge in [0.05, 0.1) is 6.54 Å². The lowest BCUT2D eigenvalue weighted by molar-refractivity contribution is -0.129. The molecule has 0 atom stereocenters. The van der Waals surface area contributed by atoms with Gasteiger partial charge in [0.2, 0.25) is 5.91 Å². The van der Waals surface area contributed by atoms with Crippen LogP contribution in [0, 0.1) is 5.82 Å². The van der Waals surface area contributed by atoms with Crippen molar-refractivity contribution in [3.63, 3.8) is 0 Å². The third-order valence-electron chi connectivity index (χ3n) is 2.63. The number of carbonyl (C=O) groups is 1. The second-order valence-electron chi connectivity index (χ2n) is 4.24. The fourth-order valence-corrected chi connectivity index (χ4v) is 1.76. The topological polar surface area (TPSA) is 32.3 Å². The Morgan fingerprint density at radius 3 is 2.22 bits per heavy atom. The summed E-state index contributed by atoms with van der Waals surface area (Å²) < 4.78 is 12.7. The SMILES string of the molecule is CCCN(CCC)C(=O)CNc1ccc(F)cc1. The molecule has 0 aliphatic rings. The Morgan fingerprint density at radius 1 is 1.17 bits per heavy atom. The molecular formula is C14H21FN2O. The normalized spacial score (nSPS) is 10.2. The second kappa shape index (κ2) is 7.69. The van der Waals surface area contributed by atoms with Crippen LogP contribution < -0.4 is 5.32 Å². The Kier molecular flexibility index (Phi) is 6.19. The maximum Gasteiger partial charge on any atom is 0.241 e. The summed E-state index contributed by atoms with van der Waals surface area (Å²) in [6.07, 6.45) is 1.92. The summed E-state index contributed by atoms with van der Waals surface area (Å²) in [5.41, 5.74) is 0.762. The molecule has 4 heteroatoms. The average Bonchev–Trinajstić information content (AvgIpc) is 2.37. The van der Waals surface area contributed by atoms with Gasteiger partial charge in [-0.1, -0.05) is 13.8 Å². The third kappa shape index (κ3) is 4.73. The molecule has 1 aromatic rings. The first kappa shape index (κ1) is 14.5. The number of nitrogens with one attached hydrogen (secondary N) is 1. The van der Waals surface area contributed by atoms with Gasteiger partial charge in [-0.2, -0.15) is 0 Å². The number of nitrogens with zero attached hydrogens (tertiary/aromatic N) is 1. The minimum Gasteiger partial charge on any atom is -0.376 e. The molecule has 0 spiro atoms. The average molecular weight is 252 g/mol. The highest BCUT2D eigenvalue weighted by molar-refractivity contribution is 5.80. The third-order valence-corrected chi connectivity index (χ3v) is 2.63. The fraction of sp³-hybridized carbons (Fsp3) is 0.500. The number of hydrogen-bond donors (Lipinski definition) is 1. The largest absolute Gasteiger partial charge is 0.376 e. The number of halogens is 1. The second-order valence-corrected chi connectivity index (χ2v) is 4.24. The highest BCUT2D eigenvalue weighted by atomic mass is 19.1. The molecule has 0 fully saturated rings. The molecule has 0 aromatic heterocycles. The van der Waals surface area contributed by atoms with Crippen molar-refractivity contribution in [3.8, 4) is 0 Å². The maximum absolute atomic E-state index is 12.7. The molecule has 1 rings (SSSR count). The summed E-state index contributed by atoms with van der Waals surface area (Å²) in [7, 11) is 0. The van der Waals surface area contributed by atoms with Crippen molar-refractivity contribution in [2.24, 2.45) is 0 Å². The van der Waals surface area contributed by atoms with Crippen molar-refractivity contribution in [1.29, 1.82) is 0 Å². The molecule has 0 aliphatic heterocycles. The Hall–Kier alpha value is -1.58. The zero-order valence-electron chi connectivity index (χ0n) is 11.1. The van der Waals surface area contributed by atoms with Gasteiger partial charge >= 0.3 is 0 Å². The van der Waals surface area contributed by atoms with Crippen molar-refractivity contribution in [2.75, 3.05) is 25.0 Å². The lowest BCUT2D eigenvalue weighted by atomic mass is 10.3. The molecule has 0 saturated carbocycles. The first-order valence-electron chi connectivity index (χ1n) is 6.44. The Morgan fingerprint density at radius 2 is 1.72 bits per heavy atom. The van der Waals surface area contributed by atoms with Crippen molar-refractivity contribution < 1.29 is 9.18 Å². The van der Waals surface area contributed by atoms with Gasteiger partial charge in [0, 0.05) is 18.8 Å². The van der Waals surface area contributed by atoms with Gasteiger partial charge in [-0.25, -0.2) is 4.39 Å². The number of carbonyl (C=O) groups excluding carboxylic acids is 1. The molecule has 0 heterocycles. The van der Waals surface area contributed by atoms with Crippen LogP contribution in [0.25, 0.3) is 0 Å². The first-order valence-corrected chi connectivity index (χ1v) is 6.44. The highest BCUT2D eigenvalue weighted by Gasteiger charge is 2.10. The van der Waals surface area contributed by atoms with Gasteiger partial charge in [-0.05, 0) is 37.1 Å². The summed E-state index contributed by atoms with van der Waals surface area (Å²) in [4.78, 5) is 13.8. The molecule has 0 aliphatic carbocycles. The van der Waals surface area contributed by atoms with E-state index in [1.807, 2.05) is 4.90 Å². The van der Waals surface area contributed by atoms with Crippen LogP contribution in [0.15, 0.2) is 24.3 Å². The Labute approximate surface area is 108 Å². The minimum atomic E-state index is -0.273. The summed E-state index contributed by atoms with van der Waals surface area (Å²) in [5, 5.41) is 3.01. The van der Waals surface area contributed by atoms with E-state index in [4.69, 9.17) is 0 Å². The molecule has 0 radical (unpaired) electrons. The Balaban J connectivity index is 2.45. The quantitative estimate of drug-likeness (QED) is 0.809. The molecule has 3 nitrogen and oxygen atoms in total. The zero-order valence-corrected chi connectivity index (χ0v) is 11.1. The van der Waals surface area contributed by atoms with Gasteiger partial charge in [0.15, 0.2) is 0 Å². The molecule has 0 unspecified atom stereocenters. The van der Waals surface area contributed by atoms with E-state index in [-0.39, 0.29) is 18.3 Å². The number of amides is 1. The van der Waals surface area contributed by atoms with Crippen LogP contribution >= 0.6 is 0 Å². The highest BCUT2D eigenvalue weighted by Crippen LogP contribution is 2.08. The van der Waals surface area contributed by atoms with Crippen LogP contribution in [0.4, 0.5) is 10.1 Å². The molecule has 1 amide bonds. The molecule has 1 N–H and O–H groups in total. The predicted molar refractivity (Wildman–Crippen MR) is 72.1 cm³/mol. The van der Waals surface area contributed by atoms with Crippen LogP contribution in [-0.2, 0) is 4.79 Å². The maximum atomic E-state index is 12.7. The van der Waals surface area contributed by atoms with E-state index in [2.05, 4.69) is 19.2 Å². The zero-order chi connectivity index (χ0) is 13.4. The summed E-state index contributed by atoms with van der Waals surface area (Å²) >= 11 is 0. The van der Waals surface area contributed by atoms with Crippen molar-refractivity contribution in [1.82, 2.24) is 4.90 Å². The lowest BCUT2D eigenvalue weighted by Crippen LogP contribution is -2.36. The van der Waals surface area contributed by atoms with Crippen LogP contribution in [0.2, 0.25) is 0 Å². The molecule has 1 aromatic carbocycles. The van der Waals surface area contributed by atoms with Gasteiger partial charge in [0.25, 0.3) is 0 Å².